The second-order valence-corrected chi connectivity index (χ2v) is 3.69. The second kappa shape index (κ2) is 2.96. The van der Waals surface area contributed by atoms with Crippen molar-refractivity contribution in [3.63, 3.8) is 0 Å². The lowest BCUT2D eigenvalue weighted by Crippen LogP contribution is -1.89. The van der Waals surface area contributed by atoms with E-state index in [2.05, 4.69) is 22.6 Å². The maximum atomic E-state index is 5.83. The Kier molecular flexibility index (Phi) is 2.41. The van der Waals surface area contributed by atoms with Gasteiger partial charge in [-0.2, -0.15) is 0 Å². The monoisotopic (exact) mass is 267 g/mol. The number of benzene rings is 1. The number of rotatable bonds is 0. The van der Waals surface area contributed by atoms with E-state index in [-0.39, 0.29) is 0 Å². The maximum absolute atomic E-state index is 5.83. The Labute approximate surface area is 78.7 Å². The first-order valence-corrected chi connectivity index (χ1v) is 4.28. The quantitative estimate of drug-likeness (QED) is 0.568. The molecule has 0 saturated heterocycles. The molecule has 0 bridgehead atoms. The van der Waals surface area contributed by atoms with Gasteiger partial charge in [0.2, 0.25) is 0 Å². The highest BCUT2D eigenvalue weighted by Crippen LogP contribution is 2.23. The Morgan fingerprint density at radius 2 is 2.10 bits per heavy atom. The van der Waals surface area contributed by atoms with Crippen molar-refractivity contribution >= 4 is 39.9 Å². The second-order valence-electron chi connectivity index (χ2n) is 2.12. The van der Waals surface area contributed by atoms with Crippen molar-refractivity contribution in [2.45, 2.75) is 6.92 Å². The predicted molar refractivity (Wildman–Crippen MR) is 53.3 cm³/mol. The molecule has 0 saturated carbocycles. The Morgan fingerprint density at radius 1 is 1.50 bits per heavy atom. The molecule has 1 aromatic carbocycles. The molecule has 0 amide bonds. The fourth-order valence-electron chi connectivity index (χ4n) is 0.680. The molecule has 1 rings (SSSR count). The van der Waals surface area contributed by atoms with Crippen LogP contribution in [0.3, 0.4) is 0 Å². The van der Waals surface area contributed by atoms with Crippen molar-refractivity contribution in [2.75, 3.05) is 5.73 Å². The Hall–Kier alpha value is 0.0400. The lowest BCUT2D eigenvalue weighted by atomic mass is 10.2. The summed E-state index contributed by atoms with van der Waals surface area (Å²) in [6.07, 6.45) is 0. The van der Waals surface area contributed by atoms with E-state index in [0.717, 1.165) is 19.8 Å². The van der Waals surface area contributed by atoms with E-state index in [1.807, 2.05) is 19.1 Å². The van der Waals surface area contributed by atoms with Crippen LogP contribution in [0, 0.1) is 10.5 Å². The van der Waals surface area contributed by atoms with Crippen molar-refractivity contribution in [1.82, 2.24) is 0 Å². The van der Waals surface area contributed by atoms with Crippen LogP contribution in [0.4, 0.5) is 5.69 Å². The van der Waals surface area contributed by atoms with Crippen LogP contribution in [0.2, 0.25) is 5.02 Å². The molecule has 0 fully saturated rings. The molecule has 0 heterocycles. The van der Waals surface area contributed by atoms with Gasteiger partial charge in [-0.25, -0.2) is 0 Å². The smallest absolute Gasteiger partial charge is 0.0453 e. The summed E-state index contributed by atoms with van der Waals surface area (Å²) in [5, 5.41) is 0.776. The molecule has 10 heavy (non-hydrogen) atoms. The molecule has 3 heteroatoms. The van der Waals surface area contributed by atoms with Crippen molar-refractivity contribution in [1.29, 1.82) is 0 Å². The van der Waals surface area contributed by atoms with Gasteiger partial charge in [-0.1, -0.05) is 11.6 Å². The minimum atomic E-state index is 0.776. The summed E-state index contributed by atoms with van der Waals surface area (Å²) in [4.78, 5) is 0. The number of nitrogen functional groups attached to an aromatic ring is 1. The molecular formula is C7H7ClIN. The summed E-state index contributed by atoms with van der Waals surface area (Å²) < 4.78 is 1.01. The molecular weight excluding hydrogens is 260 g/mol. The van der Waals surface area contributed by atoms with Gasteiger partial charge in [-0.05, 0) is 47.2 Å². The van der Waals surface area contributed by atoms with Gasteiger partial charge in [0.25, 0.3) is 0 Å². The third kappa shape index (κ3) is 1.55. The summed E-state index contributed by atoms with van der Waals surface area (Å²) in [6, 6.07) is 3.75. The molecule has 0 aromatic heterocycles. The molecule has 2 N–H and O–H groups in total. The normalized spacial score (nSPS) is 9.90. The minimum absolute atomic E-state index is 0.776. The van der Waals surface area contributed by atoms with Gasteiger partial charge < -0.3 is 5.73 Å². The van der Waals surface area contributed by atoms with E-state index in [0.29, 0.717) is 0 Å². The van der Waals surface area contributed by atoms with E-state index >= 15 is 0 Å². The molecule has 1 nitrogen and oxygen atoms in total. The van der Waals surface area contributed by atoms with Crippen LogP contribution in [0.5, 0.6) is 0 Å². The van der Waals surface area contributed by atoms with Crippen LogP contribution in [-0.2, 0) is 0 Å². The van der Waals surface area contributed by atoms with E-state index in [4.69, 9.17) is 17.3 Å². The number of hydrogen-bond acceptors (Lipinski definition) is 1. The largest absolute Gasteiger partial charge is 0.398 e. The number of nitrogens with two attached hydrogens (primary N) is 1. The average molecular weight is 267 g/mol. The Balaban J connectivity index is 3.28. The van der Waals surface area contributed by atoms with Crippen LogP contribution in [0.1, 0.15) is 5.56 Å². The van der Waals surface area contributed by atoms with Gasteiger partial charge in [-0.15, -0.1) is 0 Å². The summed E-state index contributed by atoms with van der Waals surface area (Å²) in [7, 11) is 0. The van der Waals surface area contributed by atoms with Crippen LogP contribution >= 0.6 is 34.2 Å². The highest BCUT2D eigenvalue weighted by molar-refractivity contribution is 14.1. The van der Waals surface area contributed by atoms with E-state index in [1.54, 1.807) is 0 Å². The highest BCUT2D eigenvalue weighted by atomic mass is 127. The van der Waals surface area contributed by atoms with Crippen LogP contribution in [0.15, 0.2) is 12.1 Å². The molecule has 0 radical (unpaired) electrons. The summed E-state index contributed by atoms with van der Waals surface area (Å²) in [5.74, 6) is 0. The summed E-state index contributed by atoms with van der Waals surface area (Å²) >= 11 is 7.98. The molecule has 0 atom stereocenters. The fourth-order valence-corrected chi connectivity index (χ4v) is 1.49. The number of hydrogen-bond donors (Lipinski definition) is 1. The molecule has 54 valence electrons. The molecule has 1 aromatic rings. The Bertz CT molecular complexity index is 210. The summed E-state index contributed by atoms with van der Waals surface area (Å²) in [5.41, 5.74) is 7.44. The van der Waals surface area contributed by atoms with Gasteiger partial charge >= 0.3 is 0 Å². The fraction of sp³-hybridized carbons (Fsp3) is 0.143. The molecule has 0 aliphatic carbocycles. The standard InChI is InChI=1S/C7H7ClIN/c1-4-2-7(10)6(9)3-5(4)8/h2-3H,10H2,1H3. The maximum Gasteiger partial charge on any atom is 0.0453 e. The molecule has 0 unspecified atom stereocenters. The SMILES string of the molecule is Cc1cc(N)c(I)cc1Cl. The first-order valence-electron chi connectivity index (χ1n) is 2.82. The minimum Gasteiger partial charge on any atom is -0.398 e. The number of aryl methyl sites for hydroxylation is 1. The van der Waals surface area contributed by atoms with Gasteiger partial charge in [-0.3, -0.25) is 0 Å². The third-order valence-electron chi connectivity index (χ3n) is 1.28. The van der Waals surface area contributed by atoms with E-state index in [9.17, 15) is 0 Å². The molecule has 0 spiro atoms. The predicted octanol–water partition coefficient (Wildman–Crippen LogP) is 2.84. The Morgan fingerprint density at radius 3 is 2.60 bits per heavy atom. The van der Waals surface area contributed by atoms with Crippen molar-refractivity contribution in [2.24, 2.45) is 0 Å². The van der Waals surface area contributed by atoms with Crippen molar-refractivity contribution in [3.05, 3.63) is 26.3 Å². The van der Waals surface area contributed by atoms with Gasteiger partial charge in [0.05, 0.1) is 0 Å². The van der Waals surface area contributed by atoms with Crippen LogP contribution < -0.4 is 5.73 Å². The zero-order chi connectivity index (χ0) is 7.72. The van der Waals surface area contributed by atoms with Crippen molar-refractivity contribution < 1.29 is 0 Å². The van der Waals surface area contributed by atoms with Crippen LogP contribution in [0.25, 0.3) is 0 Å². The average Bonchev–Trinajstić information content (AvgIpc) is 1.84. The third-order valence-corrected chi connectivity index (χ3v) is 2.62. The lowest BCUT2D eigenvalue weighted by molar-refractivity contribution is 1.45. The van der Waals surface area contributed by atoms with Crippen molar-refractivity contribution in [3.8, 4) is 0 Å². The highest BCUT2D eigenvalue weighted by Gasteiger charge is 1.98. The zero-order valence-corrected chi connectivity index (χ0v) is 8.40. The zero-order valence-electron chi connectivity index (χ0n) is 5.49. The first kappa shape index (κ1) is 8.14. The lowest BCUT2D eigenvalue weighted by Gasteiger charge is -2.01. The van der Waals surface area contributed by atoms with Gasteiger partial charge in [0.15, 0.2) is 0 Å². The first-order chi connectivity index (χ1) is 4.61. The van der Waals surface area contributed by atoms with Crippen LogP contribution in [-0.4, -0.2) is 0 Å². The number of halogens is 2. The topological polar surface area (TPSA) is 26.0 Å². The van der Waals surface area contributed by atoms with Gasteiger partial charge in [0.1, 0.15) is 0 Å². The van der Waals surface area contributed by atoms with E-state index in [1.165, 1.54) is 0 Å². The molecule has 0 aliphatic heterocycles. The van der Waals surface area contributed by atoms with Gasteiger partial charge in [0, 0.05) is 14.3 Å². The molecule has 0 aliphatic rings. The van der Waals surface area contributed by atoms with E-state index < -0.39 is 0 Å². The number of anilines is 1. The summed E-state index contributed by atoms with van der Waals surface area (Å²) in [6.45, 7) is 1.94.